The maximum atomic E-state index is 11.5. The first-order valence-corrected chi connectivity index (χ1v) is 5.25. The first-order chi connectivity index (χ1) is 8.19. The van der Waals surface area contributed by atoms with Crippen molar-refractivity contribution in [1.29, 1.82) is 0 Å². The molecule has 17 heavy (non-hydrogen) atoms. The maximum Gasteiger partial charge on any atom is 0.323 e. The van der Waals surface area contributed by atoms with Crippen molar-refractivity contribution in [1.82, 2.24) is 10.2 Å². The Hall–Kier alpha value is -2.01. The second-order valence-corrected chi connectivity index (χ2v) is 3.71. The number of hydrogen-bond donors (Lipinski definition) is 2. The highest BCUT2D eigenvalue weighted by Crippen LogP contribution is 2.14. The van der Waals surface area contributed by atoms with E-state index in [9.17, 15) is 4.79 Å². The van der Waals surface area contributed by atoms with Crippen LogP contribution in [0.2, 0.25) is 0 Å². The molecule has 0 aliphatic carbocycles. The predicted octanol–water partition coefficient (Wildman–Crippen LogP) is 1.05. The lowest BCUT2D eigenvalue weighted by Crippen LogP contribution is -2.45. The third kappa shape index (κ3) is 2.76. The van der Waals surface area contributed by atoms with Crippen molar-refractivity contribution in [3.63, 3.8) is 0 Å². The van der Waals surface area contributed by atoms with Gasteiger partial charge in [0.15, 0.2) is 0 Å². The van der Waals surface area contributed by atoms with Crippen molar-refractivity contribution in [3.8, 4) is 5.75 Å². The first kappa shape index (κ1) is 11.5. The van der Waals surface area contributed by atoms with Gasteiger partial charge in [-0.3, -0.25) is 4.90 Å². The normalized spacial score (nSPS) is 19.1. The highest BCUT2D eigenvalue weighted by Gasteiger charge is 2.18. The van der Waals surface area contributed by atoms with E-state index in [1.165, 1.54) is 11.0 Å². The summed E-state index contributed by atoms with van der Waals surface area (Å²) in [7, 11) is 1.61. The van der Waals surface area contributed by atoms with Crippen LogP contribution in [-0.2, 0) is 6.54 Å². The quantitative estimate of drug-likeness (QED) is 0.821. The van der Waals surface area contributed by atoms with Crippen LogP contribution in [-0.4, -0.2) is 29.4 Å². The number of benzene rings is 1. The Morgan fingerprint density at radius 2 is 2.12 bits per heavy atom. The Bertz CT molecular complexity index is 428. The second kappa shape index (κ2) is 4.88. The van der Waals surface area contributed by atoms with E-state index in [0.29, 0.717) is 6.54 Å². The molecule has 2 N–H and O–H groups in total. The van der Waals surface area contributed by atoms with Gasteiger partial charge >= 0.3 is 6.03 Å². The fourth-order valence-corrected chi connectivity index (χ4v) is 1.56. The number of aliphatic hydroxyl groups is 1. The molecular formula is C12H14N2O3. The Morgan fingerprint density at radius 1 is 1.41 bits per heavy atom. The summed E-state index contributed by atoms with van der Waals surface area (Å²) in [5.74, 6) is 0.780. The summed E-state index contributed by atoms with van der Waals surface area (Å²) in [5.41, 5.74) is 0.988. The summed E-state index contributed by atoms with van der Waals surface area (Å²) in [6.45, 7) is 0.457. The van der Waals surface area contributed by atoms with Gasteiger partial charge in [-0.05, 0) is 23.8 Å². The van der Waals surface area contributed by atoms with Gasteiger partial charge in [0, 0.05) is 6.20 Å². The summed E-state index contributed by atoms with van der Waals surface area (Å²) >= 11 is 0. The van der Waals surface area contributed by atoms with E-state index in [2.05, 4.69) is 5.32 Å². The smallest absolute Gasteiger partial charge is 0.323 e. The van der Waals surface area contributed by atoms with Crippen molar-refractivity contribution in [3.05, 3.63) is 42.1 Å². The molecule has 5 nitrogen and oxygen atoms in total. The van der Waals surface area contributed by atoms with Gasteiger partial charge in [-0.1, -0.05) is 12.1 Å². The lowest BCUT2D eigenvalue weighted by Gasteiger charge is -2.25. The number of ether oxygens (including phenoxy) is 1. The maximum absolute atomic E-state index is 11.5. The van der Waals surface area contributed by atoms with Crippen molar-refractivity contribution in [2.24, 2.45) is 0 Å². The molecule has 1 aliphatic heterocycles. The topological polar surface area (TPSA) is 61.8 Å². The van der Waals surface area contributed by atoms with Crippen molar-refractivity contribution >= 4 is 6.03 Å². The van der Waals surface area contributed by atoms with Crippen LogP contribution < -0.4 is 10.1 Å². The predicted molar refractivity (Wildman–Crippen MR) is 62.2 cm³/mol. The van der Waals surface area contributed by atoms with Gasteiger partial charge in [-0.2, -0.15) is 0 Å². The molecule has 0 saturated carbocycles. The SMILES string of the molecule is COc1ccc(CN2C=CC(O)NC2=O)cc1. The minimum atomic E-state index is -0.894. The van der Waals surface area contributed by atoms with E-state index in [1.54, 1.807) is 13.3 Å². The van der Waals surface area contributed by atoms with E-state index in [-0.39, 0.29) is 6.03 Å². The molecule has 0 aromatic heterocycles. The molecule has 1 aliphatic rings. The van der Waals surface area contributed by atoms with Crippen LogP contribution in [0.5, 0.6) is 5.75 Å². The van der Waals surface area contributed by atoms with Crippen LogP contribution in [0.1, 0.15) is 5.56 Å². The molecule has 0 saturated heterocycles. The average Bonchev–Trinajstić information content (AvgIpc) is 2.34. The molecule has 1 aromatic carbocycles. The van der Waals surface area contributed by atoms with Crippen LogP contribution in [0.25, 0.3) is 0 Å². The zero-order chi connectivity index (χ0) is 12.3. The lowest BCUT2D eigenvalue weighted by atomic mass is 10.2. The summed E-state index contributed by atoms with van der Waals surface area (Å²) in [5, 5.41) is 11.6. The number of carbonyl (C=O) groups excluding carboxylic acids is 1. The van der Waals surface area contributed by atoms with Gasteiger partial charge in [0.1, 0.15) is 12.0 Å². The number of amides is 2. The number of aliphatic hydroxyl groups excluding tert-OH is 1. The summed E-state index contributed by atoms with van der Waals surface area (Å²) < 4.78 is 5.05. The van der Waals surface area contributed by atoms with Crippen LogP contribution in [0.3, 0.4) is 0 Å². The standard InChI is InChI=1S/C12H14N2O3/c1-17-10-4-2-9(3-5-10)8-14-7-6-11(15)13-12(14)16/h2-7,11,15H,8H2,1H3,(H,13,16). The Labute approximate surface area is 99.3 Å². The molecule has 2 rings (SSSR count). The monoisotopic (exact) mass is 234 g/mol. The largest absolute Gasteiger partial charge is 0.497 e. The minimum Gasteiger partial charge on any atom is -0.497 e. The molecule has 0 bridgehead atoms. The first-order valence-electron chi connectivity index (χ1n) is 5.25. The molecule has 0 fully saturated rings. The van der Waals surface area contributed by atoms with E-state index >= 15 is 0 Å². The van der Waals surface area contributed by atoms with Gasteiger partial charge in [-0.25, -0.2) is 4.79 Å². The number of methoxy groups -OCH3 is 1. The van der Waals surface area contributed by atoms with Crippen LogP contribution in [0, 0.1) is 0 Å². The van der Waals surface area contributed by atoms with Crippen molar-refractivity contribution in [2.45, 2.75) is 12.8 Å². The fourth-order valence-electron chi connectivity index (χ4n) is 1.56. The van der Waals surface area contributed by atoms with E-state index in [1.807, 2.05) is 24.3 Å². The number of nitrogens with one attached hydrogen (secondary N) is 1. The average molecular weight is 234 g/mol. The van der Waals surface area contributed by atoms with E-state index in [0.717, 1.165) is 11.3 Å². The summed E-state index contributed by atoms with van der Waals surface area (Å²) in [6, 6.07) is 7.16. The number of carbonyl (C=O) groups is 1. The molecule has 2 amide bonds. The summed E-state index contributed by atoms with van der Waals surface area (Å²) in [6.07, 6.45) is 2.20. The molecule has 90 valence electrons. The van der Waals surface area contributed by atoms with Gasteiger partial charge < -0.3 is 15.2 Å². The summed E-state index contributed by atoms with van der Waals surface area (Å²) in [4.78, 5) is 13.0. The number of nitrogens with zero attached hydrogens (tertiary/aromatic N) is 1. The zero-order valence-corrected chi connectivity index (χ0v) is 9.46. The number of rotatable bonds is 3. The molecule has 1 unspecified atom stereocenters. The van der Waals surface area contributed by atoms with Crippen LogP contribution in [0.15, 0.2) is 36.5 Å². The highest BCUT2D eigenvalue weighted by atomic mass is 16.5. The van der Waals surface area contributed by atoms with E-state index < -0.39 is 6.23 Å². The van der Waals surface area contributed by atoms with Gasteiger partial charge in [0.05, 0.1) is 13.7 Å². The molecule has 1 atom stereocenters. The van der Waals surface area contributed by atoms with Crippen LogP contribution >= 0.6 is 0 Å². The van der Waals surface area contributed by atoms with Crippen molar-refractivity contribution in [2.75, 3.05) is 7.11 Å². The van der Waals surface area contributed by atoms with E-state index in [4.69, 9.17) is 9.84 Å². The van der Waals surface area contributed by atoms with Gasteiger partial charge in [0.2, 0.25) is 0 Å². The number of urea groups is 1. The van der Waals surface area contributed by atoms with Gasteiger partial charge in [-0.15, -0.1) is 0 Å². The Morgan fingerprint density at radius 3 is 2.71 bits per heavy atom. The third-order valence-corrected chi connectivity index (χ3v) is 2.49. The molecule has 0 radical (unpaired) electrons. The second-order valence-electron chi connectivity index (χ2n) is 3.71. The number of hydrogen-bond acceptors (Lipinski definition) is 3. The van der Waals surface area contributed by atoms with Gasteiger partial charge in [0.25, 0.3) is 0 Å². The fraction of sp³-hybridized carbons (Fsp3) is 0.250. The Balaban J connectivity index is 2.05. The molecule has 0 spiro atoms. The molecule has 5 heteroatoms. The highest BCUT2D eigenvalue weighted by molar-refractivity contribution is 5.76. The van der Waals surface area contributed by atoms with Crippen LogP contribution in [0.4, 0.5) is 4.79 Å². The Kier molecular flexibility index (Phi) is 3.30. The van der Waals surface area contributed by atoms with Crippen molar-refractivity contribution < 1.29 is 14.6 Å². The molecule has 1 aromatic rings. The molecular weight excluding hydrogens is 220 g/mol. The zero-order valence-electron chi connectivity index (χ0n) is 9.46. The molecule has 1 heterocycles. The minimum absolute atomic E-state index is 0.309. The third-order valence-electron chi connectivity index (χ3n) is 2.49. The lowest BCUT2D eigenvalue weighted by molar-refractivity contribution is 0.151.